The molecule has 0 saturated carbocycles. The number of hydrogen-bond donors (Lipinski definition) is 1. The second kappa shape index (κ2) is 7.99. The average molecular weight is 354 g/mol. The summed E-state index contributed by atoms with van der Waals surface area (Å²) >= 11 is 1.33. The molecule has 1 N–H and O–H groups in total. The number of methoxy groups -OCH3 is 1. The van der Waals surface area contributed by atoms with Gasteiger partial charge < -0.3 is 10.1 Å². The first-order chi connectivity index (χ1) is 10.9. The van der Waals surface area contributed by atoms with Crippen molar-refractivity contribution in [3.63, 3.8) is 0 Å². The van der Waals surface area contributed by atoms with Gasteiger partial charge in [-0.15, -0.1) is 0 Å². The molecule has 7 heteroatoms. The molecule has 0 bridgehead atoms. The number of benzene rings is 1. The Hall–Kier alpha value is -1.31. The van der Waals surface area contributed by atoms with Crippen molar-refractivity contribution in [1.82, 2.24) is 9.36 Å². The van der Waals surface area contributed by atoms with E-state index in [9.17, 15) is 4.21 Å². The molecule has 1 heterocycles. The number of rotatable bonds is 7. The molecule has 126 valence electrons. The molecular weight excluding hydrogens is 330 g/mol. The Labute approximate surface area is 144 Å². The van der Waals surface area contributed by atoms with Crippen LogP contribution in [0.25, 0.3) is 0 Å². The highest BCUT2D eigenvalue weighted by atomic mass is 32.2. The van der Waals surface area contributed by atoms with E-state index < -0.39 is 10.8 Å². The minimum atomic E-state index is -0.910. The molecule has 0 aliphatic carbocycles. The molecule has 0 spiro atoms. The maximum Gasteiger partial charge on any atom is 0.207 e. The number of ether oxygens (including phenoxy) is 1. The number of aromatic nitrogens is 2. The van der Waals surface area contributed by atoms with Gasteiger partial charge in [-0.1, -0.05) is 12.1 Å². The Bertz CT molecular complexity index is 665. The van der Waals surface area contributed by atoms with Crippen LogP contribution in [0.3, 0.4) is 0 Å². The van der Waals surface area contributed by atoms with Gasteiger partial charge in [-0.05, 0) is 38.5 Å². The van der Waals surface area contributed by atoms with Crippen LogP contribution in [0.2, 0.25) is 0 Å². The van der Waals surface area contributed by atoms with Crippen molar-refractivity contribution < 1.29 is 8.95 Å². The van der Waals surface area contributed by atoms with E-state index in [-0.39, 0.29) is 4.75 Å². The molecule has 0 saturated heterocycles. The van der Waals surface area contributed by atoms with Crippen molar-refractivity contribution in [2.75, 3.05) is 19.0 Å². The van der Waals surface area contributed by atoms with Gasteiger partial charge in [0.15, 0.2) is 0 Å². The normalized spacial score (nSPS) is 13.0. The van der Waals surface area contributed by atoms with Gasteiger partial charge in [-0.25, -0.2) is 4.98 Å². The first-order valence-electron chi connectivity index (χ1n) is 7.44. The van der Waals surface area contributed by atoms with E-state index in [4.69, 9.17) is 4.74 Å². The van der Waals surface area contributed by atoms with Crippen LogP contribution >= 0.6 is 11.5 Å². The van der Waals surface area contributed by atoms with E-state index in [1.54, 1.807) is 7.11 Å². The zero-order chi connectivity index (χ0) is 16.9. The van der Waals surface area contributed by atoms with Gasteiger partial charge in [0.1, 0.15) is 5.82 Å². The van der Waals surface area contributed by atoms with Crippen LogP contribution in [-0.2, 0) is 27.7 Å². The molecule has 23 heavy (non-hydrogen) atoms. The fourth-order valence-electron chi connectivity index (χ4n) is 1.83. The van der Waals surface area contributed by atoms with Gasteiger partial charge in [-0.3, -0.25) is 4.21 Å². The van der Waals surface area contributed by atoms with Gasteiger partial charge in [0.2, 0.25) is 5.13 Å². The molecule has 1 unspecified atom stereocenters. The summed E-state index contributed by atoms with van der Waals surface area (Å²) in [7, 11) is 0.755. The monoisotopic (exact) mass is 353 g/mol. The summed E-state index contributed by atoms with van der Waals surface area (Å²) in [5.74, 6) is 1.33. The first-order valence-corrected chi connectivity index (χ1v) is 9.53. The van der Waals surface area contributed by atoms with Crippen LogP contribution in [0.5, 0.6) is 0 Å². The predicted octanol–water partition coefficient (Wildman–Crippen LogP) is 3.52. The van der Waals surface area contributed by atoms with Gasteiger partial charge in [0.05, 0.1) is 6.61 Å². The lowest BCUT2D eigenvalue weighted by Gasteiger charge is -2.17. The lowest BCUT2D eigenvalue weighted by Crippen LogP contribution is -2.22. The smallest absolute Gasteiger partial charge is 0.207 e. The predicted molar refractivity (Wildman–Crippen MR) is 96.8 cm³/mol. The quantitative estimate of drug-likeness (QED) is 0.825. The van der Waals surface area contributed by atoms with Crippen LogP contribution in [0.4, 0.5) is 10.8 Å². The SMILES string of the molecule is COCCc1nsc(Nc2cccc(CS(=O)C(C)(C)C)c2)n1. The number of hydrogen-bond acceptors (Lipinski definition) is 6. The van der Waals surface area contributed by atoms with Crippen molar-refractivity contribution >= 4 is 33.2 Å². The van der Waals surface area contributed by atoms with Gasteiger partial charge in [0.25, 0.3) is 0 Å². The van der Waals surface area contributed by atoms with Crippen molar-refractivity contribution in [1.29, 1.82) is 0 Å². The van der Waals surface area contributed by atoms with Crippen LogP contribution in [-0.4, -0.2) is 32.0 Å². The van der Waals surface area contributed by atoms with Crippen molar-refractivity contribution in [2.45, 2.75) is 37.7 Å². The fourth-order valence-corrected chi connectivity index (χ4v) is 3.38. The second-order valence-corrected chi connectivity index (χ2v) is 9.14. The summed E-state index contributed by atoms with van der Waals surface area (Å²) in [6, 6.07) is 7.95. The molecule has 0 aliphatic heterocycles. The Morgan fingerprint density at radius 2 is 2.13 bits per heavy atom. The van der Waals surface area contributed by atoms with Crippen molar-refractivity contribution in [3.05, 3.63) is 35.7 Å². The highest BCUT2D eigenvalue weighted by molar-refractivity contribution is 7.85. The average Bonchev–Trinajstić information content (AvgIpc) is 2.92. The maximum absolute atomic E-state index is 12.3. The Morgan fingerprint density at radius 1 is 1.35 bits per heavy atom. The minimum Gasteiger partial charge on any atom is -0.384 e. The van der Waals surface area contributed by atoms with E-state index in [1.807, 2.05) is 45.0 Å². The fraction of sp³-hybridized carbons (Fsp3) is 0.500. The number of anilines is 2. The van der Waals surface area contributed by atoms with Gasteiger partial charge in [0, 0.05) is 52.0 Å². The molecule has 2 rings (SSSR count). The summed E-state index contributed by atoms with van der Waals surface area (Å²) in [4.78, 5) is 4.43. The molecular formula is C16H23N3O2S2. The highest BCUT2D eigenvalue weighted by Crippen LogP contribution is 2.22. The van der Waals surface area contributed by atoms with Crippen LogP contribution in [0.15, 0.2) is 24.3 Å². The van der Waals surface area contributed by atoms with Crippen molar-refractivity contribution in [3.8, 4) is 0 Å². The van der Waals surface area contributed by atoms with Crippen LogP contribution in [0, 0.1) is 0 Å². The topological polar surface area (TPSA) is 64.1 Å². The molecule has 1 aromatic carbocycles. The maximum atomic E-state index is 12.3. The molecule has 0 aliphatic rings. The van der Waals surface area contributed by atoms with Gasteiger partial charge >= 0.3 is 0 Å². The van der Waals surface area contributed by atoms with E-state index in [1.165, 1.54) is 11.5 Å². The molecule has 0 amide bonds. The Morgan fingerprint density at radius 3 is 2.83 bits per heavy atom. The zero-order valence-corrected chi connectivity index (χ0v) is 15.6. The van der Waals surface area contributed by atoms with Crippen LogP contribution in [0.1, 0.15) is 32.2 Å². The summed E-state index contributed by atoms with van der Waals surface area (Å²) in [6.45, 7) is 6.60. The van der Waals surface area contributed by atoms with E-state index in [2.05, 4.69) is 14.7 Å². The lowest BCUT2D eigenvalue weighted by molar-refractivity contribution is 0.201. The Kier molecular flexibility index (Phi) is 6.26. The summed E-state index contributed by atoms with van der Waals surface area (Å²) in [5, 5.41) is 4.01. The largest absolute Gasteiger partial charge is 0.384 e. The minimum absolute atomic E-state index is 0.209. The summed E-state index contributed by atoms with van der Waals surface area (Å²) in [6.07, 6.45) is 0.708. The highest BCUT2D eigenvalue weighted by Gasteiger charge is 2.19. The van der Waals surface area contributed by atoms with E-state index >= 15 is 0 Å². The first kappa shape index (κ1) is 18.0. The van der Waals surface area contributed by atoms with Gasteiger partial charge in [-0.2, -0.15) is 4.37 Å². The Balaban J connectivity index is 2.02. The molecule has 5 nitrogen and oxygen atoms in total. The van der Waals surface area contributed by atoms with Crippen LogP contribution < -0.4 is 5.32 Å². The molecule has 0 radical (unpaired) electrons. The molecule has 2 aromatic rings. The standard InChI is InChI=1S/C16H23N3O2S2/c1-16(2,3)23(20)11-12-6-5-7-13(10-12)17-15-18-14(19-22-15)8-9-21-4/h5-7,10H,8-9,11H2,1-4H3,(H,17,18,19). The second-order valence-electron chi connectivity index (χ2n) is 6.19. The third-order valence-corrected chi connectivity index (χ3v) is 5.79. The summed E-state index contributed by atoms with van der Waals surface area (Å²) in [5.41, 5.74) is 1.98. The zero-order valence-electron chi connectivity index (χ0n) is 14.0. The molecule has 0 fully saturated rings. The van der Waals surface area contributed by atoms with E-state index in [0.29, 0.717) is 18.8 Å². The van der Waals surface area contributed by atoms with Crippen molar-refractivity contribution in [2.24, 2.45) is 0 Å². The third kappa shape index (κ3) is 5.67. The van der Waals surface area contributed by atoms with E-state index in [0.717, 1.165) is 22.2 Å². The third-order valence-electron chi connectivity index (χ3n) is 3.16. The summed E-state index contributed by atoms with van der Waals surface area (Å²) < 4.78 is 21.4. The lowest BCUT2D eigenvalue weighted by atomic mass is 10.2. The molecule has 1 aromatic heterocycles. The number of nitrogens with zero attached hydrogens (tertiary/aromatic N) is 2. The number of nitrogens with one attached hydrogen (secondary N) is 1. The molecule has 1 atom stereocenters.